The molecule has 1 amide bonds. The second kappa shape index (κ2) is 6.31. The lowest BCUT2D eigenvalue weighted by molar-refractivity contribution is -0.186. The monoisotopic (exact) mass is 257 g/mol. The Morgan fingerprint density at radius 3 is 2.24 bits per heavy atom. The van der Waals surface area contributed by atoms with Crippen molar-refractivity contribution in [3.8, 4) is 0 Å². The molecule has 0 fully saturated rings. The number of methoxy groups -OCH3 is 1. The van der Waals surface area contributed by atoms with Crippen molar-refractivity contribution in [2.45, 2.75) is 26.1 Å². The van der Waals surface area contributed by atoms with Crippen LogP contribution in [0.25, 0.3) is 0 Å². The van der Waals surface area contributed by atoms with Gasteiger partial charge in [-0.25, -0.2) is 9.59 Å². The van der Waals surface area contributed by atoms with Gasteiger partial charge in [0.05, 0.1) is 19.6 Å². The minimum absolute atomic E-state index is 0.0806. The second-order valence-electron chi connectivity index (χ2n) is 3.20. The Bertz CT molecular complexity index is 280. The van der Waals surface area contributed by atoms with Crippen LogP contribution in [0.3, 0.4) is 0 Å². The summed E-state index contributed by atoms with van der Waals surface area (Å²) in [6.07, 6.45) is -5.75. The van der Waals surface area contributed by atoms with E-state index in [1.165, 1.54) is 6.92 Å². The van der Waals surface area contributed by atoms with Gasteiger partial charge in [0.2, 0.25) is 0 Å². The fourth-order valence-electron chi connectivity index (χ4n) is 0.995. The normalized spacial score (nSPS) is 14.7. The molecule has 0 radical (unpaired) electrons. The predicted octanol–water partition coefficient (Wildman–Crippen LogP) is 1.47. The number of carbonyl (C=O) groups is 2. The van der Waals surface area contributed by atoms with Crippen LogP contribution in [0.4, 0.5) is 18.0 Å². The first-order chi connectivity index (χ1) is 7.73. The lowest BCUT2D eigenvalue weighted by atomic mass is 10.0. The van der Waals surface area contributed by atoms with E-state index in [1.807, 2.05) is 0 Å². The first-order valence-corrected chi connectivity index (χ1v) is 4.81. The maximum Gasteiger partial charge on any atom is 0.407 e. The smallest absolute Gasteiger partial charge is 0.407 e. The lowest BCUT2D eigenvalue weighted by Gasteiger charge is -2.24. The summed E-state index contributed by atoms with van der Waals surface area (Å²) in [7, 11) is 0.982. The molecule has 17 heavy (non-hydrogen) atoms. The van der Waals surface area contributed by atoms with E-state index in [4.69, 9.17) is 0 Å². The minimum atomic E-state index is -4.63. The van der Waals surface area contributed by atoms with Gasteiger partial charge in [-0.05, 0) is 6.92 Å². The summed E-state index contributed by atoms with van der Waals surface area (Å²) in [6.45, 7) is 2.14. The van der Waals surface area contributed by atoms with Crippen LogP contribution in [0.1, 0.15) is 13.8 Å². The van der Waals surface area contributed by atoms with Gasteiger partial charge in [0.15, 0.2) is 0 Å². The molecular formula is C9H14F3NO4. The van der Waals surface area contributed by atoms with Crippen LogP contribution in [0.15, 0.2) is 0 Å². The van der Waals surface area contributed by atoms with E-state index in [2.05, 4.69) is 9.47 Å². The van der Waals surface area contributed by atoms with Crippen LogP contribution < -0.4 is 5.32 Å². The molecule has 0 heterocycles. The van der Waals surface area contributed by atoms with Crippen molar-refractivity contribution in [1.82, 2.24) is 5.32 Å². The molecule has 0 aliphatic heterocycles. The Morgan fingerprint density at radius 2 is 1.88 bits per heavy atom. The highest BCUT2D eigenvalue weighted by molar-refractivity contribution is 5.81. The standard InChI is InChI=1S/C9H14F3NO4/c1-4-17-7(14)6(13-8(15)16-3)5(2)9(10,11)12/h5-6H,4H2,1-3H3,(H,13,15). The largest absolute Gasteiger partial charge is 0.464 e. The summed E-state index contributed by atoms with van der Waals surface area (Å²) >= 11 is 0. The van der Waals surface area contributed by atoms with Gasteiger partial charge in [-0.1, -0.05) is 6.92 Å². The fraction of sp³-hybridized carbons (Fsp3) is 0.778. The van der Waals surface area contributed by atoms with Gasteiger partial charge in [-0.3, -0.25) is 0 Å². The van der Waals surface area contributed by atoms with Crippen LogP contribution >= 0.6 is 0 Å². The van der Waals surface area contributed by atoms with Crippen molar-refractivity contribution in [2.24, 2.45) is 5.92 Å². The number of amides is 1. The Balaban J connectivity index is 4.84. The summed E-state index contributed by atoms with van der Waals surface area (Å²) in [6, 6.07) is -1.82. The van der Waals surface area contributed by atoms with E-state index in [9.17, 15) is 22.8 Å². The number of esters is 1. The Hall–Kier alpha value is -1.47. The van der Waals surface area contributed by atoms with Crippen molar-refractivity contribution in [2.75, 3.05) is 13.7 Å². The summed E-state index contributed by atoms with van der Waals surface area (Å²) in [5, 5.41) is 1.80. The van der Waals surface area contributed by atoms with Crippen molar-refractivity contribution < 1.29 is 32.2 Å². The van der Waals surface area contributed by atoms with E-state index in [0.717, 1.165) is 14.0 Å². The molecule has 0 saturated heterocycles. The molecule has 0 aliphatic carbocycles. The van der Waals surface area contributed by atoms with Crippen LogP contribution in [0.5, 0.6) is 0 Å². The van der Waals surface area contributed by atoms with Crippen LogP contribution in [0, 0.1) is 5.92 Å². The number of rotatable bonds is 4. The Kier molecular flexibility index (Phi) is 5.77. The first-order valence-electron chi connectivity index (χ1n) is 4.81. The molecule has 0 saturated carbocycles. The minimum Gasteiger partial charge on any atom is -0.464 e. The van der Waals surface area contributed by atoms with Crippen molar-refractivity contribution in [3.05, 3.63) is 0 Å². The average molecular weight is 257 g/mol. The third kappa shape index (κ3) is 4.92. The topological polar surface area (TPSA) is 64.6 Å². The third-order valence-electron chi connectivity index (χ3n) is 2.02. The molecule has 0 aromatic carbocycles. The highest BCUT2D eigenvalue weighted by Gasteiger charge is 2.45. The van der Waals surface area contributed by atoms with Gasteiger partial charge >= 0.3 is 18.2 Å². The summed E-state index contributed by atoms with van der Waals surface area (Å²) < 4.78 is 46.0. The van der Waals surface area contributed by atoms with Crippen molar-refractivity contribution >= 4 is 12.1 Å². The molecule has 100 valence electrons. The molecule has 8 heteroatoms. The molecule has 0 rings (SSSR count). The van der Waals surface area contributed by atoms with E-state index in [0.29, 0.717) is 0 Å². The zero-order valence-corrected chi connectivity index (χ0v) is 9.63. The number of halogens is 3. The lowest BCUT2D eigenvalue weighted by Crippen LogP contribution is -2.50. The number of nitrogens with one attached hydrogen (secondary N) is 1. The Morgan fingerprint density at radius 1 is 1.35 bits per heavy atom. The van der Waals surface area contributed by atoms with E-state index in [1.54, 1.807) is 5.32 Å². The van der Waals surface area contributed by atoms with Crippen LogP contribution in [0.2, 0.25) is 0 Å². The maximum absolute atomic E-state index is 12.5. The van der Waals surface area contributed by atoms with Crippen LogP contribution in [-0.4, -0.2) is 38.0 Å². The molecule has 0 bridgehead atoms. The molecule has 2 atom stereocenters. The number of ether oxygens (including phenoxy) is 2. The number of hydrogen-bond donors (Lipinski definition) is 1. The van der Waals surface area contributed by atoms with Gasteiger partial charge < -0.3 is 14.8 Å². The summed E-state index contributed by atoms with van der Waals surface area (Å²) in [5.41, 5.74) is 0. The molecular weight excluding hydrogens is 243 g/mol. The quantitative estimate of drug-likeness (QED) is 0.774. The highest BCUT2D eigenvalue weighted by Crippen LogP contribution is 2.28. The van der Waals surface area contributed by atoms with Gasteiger partial charge in [0, 0.05) is 0 Å². The van der Waals surface area contributed by atoms with E-state index in [-0.39, 0.29) is 6.61 Å². The molecule has 0 spiro atoms. The number of alkyl carbamates (subject to hydrolysis) is 1. The Labute approximate surface area is 96.3 Å². The first kappa shape index (κ1) is 15.5. The van der Waals surface area contributed by atoms with E-state index >= 15 is 0 Å². The predicted molar refractivity (Wildman–Crippen MR) is 51.2 cm³/mol. The summed E-state index contributed by atoms with van der Waals surface area (Å²) in [5.74, 6) is -3.22. The molecule has 0 aliphatic rings. The molecule has 1 N–H and O–H groups in total. The second-order valence-corrected chi connectivity index (χ2v) is 3.20. The zero-order valence-electron chi connectivity index (χ0n) is 9.63. The number of carbonyl (C=O) groups excluding carboxylic acids is 2. The molecule has 2 unspecified atom stereocenters. The zero-order chi connectivity index (χ0) is 13.6. The fourth-order valence-corrected chi connectivity index (χ4v) is 0.995. The highest BCUT2D eigenvalue weighted by atomic mass is 19.4. The average Bonchev–Trinajstić information content (AvgIpc) is 2.23. The van der Waals surface area contributed by atoms with Crippen molar-refractivity contribution in [3.63, 3.8) is 0 Å². The molecule has 0 aromatic heterocycles. The number of hydrogen-bond acceptors (Lipinski definition) is 4. The summed E-state index contributed by atoms with van der Waals surface area (Å²) in [4.78, 5) is 22.1. The third-order valence-corrected chi connectivity index (χ3v) is 2.02. The van der Waals surface area contributed by atoms with Gasteiger partial charge in [0.1, 0.15) is 6.04 Å². The molecule has 0 aromatic rings. The van der Waals surface area contributed by atoms with Gasteiger partial charge in [-0.15, -0.1) is 0 Å². The van der Waals surface area contributed by atoms with Gasteiger partial charge in [-0.2, -0.15) is 13.2 Å². The number of alkyl halides is 3. The SMILES string of the molecule is CCOC(=O)C(NC(=O)OC)C(C)C(F)(F)F. The van der Waals surface area contributed by atoms with E-state index < -0.39 is 30.2 Å². The van der Waals surface area contributed by atoms with Crippen LogP contribution in [-0.2, 0) is 14.3 Å². The maximum atomic E-state index is 12.5. The van der Waals surface area contributed by atoms with Crippen molar-refractivity contribution in [1.29, 1.82) is 0 Å². The van der Waals surface area contributed by atoms with Gasteiger partial charge in [0.25, 0.3) is 0 Å². The molecule has 5 nitrogen and oxygen atoms in total.